The fourth-order valence-corrected chi connectivity index (χ4v) is 2.02. The van der Waals surface area contributed by atoms with E-state index in [0.717, 1.165) is 19.5 Å². The van der Waals surface area contributed by atoms with Gasteiger partial charge in [-0.25, -0.2) is 4.39 Å². The largest absolute Gasteiger partial charge is 0.339 e. The number of hydrogen-bond acceptors (Lipinski definition) is 4. The van der Waals surface area contributed by atoms with Crippen molar-refractivity contribution in [2.24, 2.45) is 0 Å². The van der Waals surface area contributed by atoms with Crippen molar-refractivity contribution >= 4 is 12.4 Å². The summed E-state index contributed by atoms with van der Waals surface area (Å²) in [5.74, 6) is 0.839. The molecule has 0 aliphatic carbocycles. The molecule has 4 nitrogen and oxygen atoms in total. The first kappa shape index (κ1) is 13.0. The molecular formula is C12H13ClFN3O. The van der Waals surface area contributed by atoms with E-state index >= 15 is 0 Å². The number of halogens is 2. The Labute approximate surface area is 110 Å². The molecule has 0 bridgehead atoms. The zero-order valence-corrected chi connectivity index (χ0v) is 10.4. The highest BCUT2D eigenvalue weighted by Crippen LogP contribution is 2.24. The third-order valence-electron chi connectivity index (χ3n) is 2.97. The summed E-state index contributed by atoms with van der Waals surface area (Å²) in [5, 5.41) is 7.07. The van der Waals surface area contributed by atoms with Gasteiger partial charge in [-0.2, -0.15) is 4.98 Å². The number of aromatic nitrogens is 2. The first-order valence-electron chi connectivity index (χ1n) is 5.64. The Morgan fingerprint density at radius 2 is 2.17 bits per heavy atom. The average Bonchev–Trinajstić information content (AvgIpc) is 3.00. The van der Waals surface area contributed by atoms with Crippen molar-refractivity contribution in [2.75, 3.05) is 13.1 Å². The molecule has 1 aliphatic rings. The topological polar surface area (TPSA) is 51.0 Å². The molecule has 6 heteroatoms. The lowest BCUT2D eigenvalue weighted by Gasteiger charge is -1.98. The summed E-state index contributed by atoms with van der Waals surface area (Å²) in [4.78, 5) is 4.27. The zero-order valence-electron chi connectivity index (χ0n) is 9.60. The van der Waals surface area contributed by atoms with Gasteiger partial charge in [-0.05, 0) is 25.1 Å². The highest BCUT2D eigenvalue weighted by Gasteiger charge is 2.23. The molecule has 1 fully saturated rings. The van der Waals surface area contributed by atoms with Crippen LogP contribution in [0.5, 0.6) is 0 Å². The highest BCUT2D eigenvalue weighted by molar-refractivity contribution is 5.85. The Balaban J connectivity index is 0.00000120. The lowest BCUT2D eigenvalue weighted by Crippen LogP contribution is -2.08. The third kappa shape index (κ3) is 2.37. The molecule has 0 spiro atoms. The Morgan fingerprint density at radius 1 is 1.33 bits per heavy atom. The van der Waals surface area contributed by atoms with Crippen LogP contribution in [0.4, 0.5) is 4.39 Å². The average molecular weight is 270 g/mol. The van der Waals surface area contributed by atoms with Crippen LogP contribution in [0.15, 0.2) is 28.8 Å². The molecule has 3 rings (SSSR count). The monoisotopic (exact) mass is 269 g/mol. The first-order chi connectivity index (χ1) is 8.34. The SMILES string of the molecule is Cl.Fc1ccccc1-c1noc(C2CCNC2)n1. The minimum atomic E-state index is -0.329. The van der Waals surface area contributed by atoms with Gasteiger partial charge < -0.3 is 9.84 Å². The predicted octanol–water partition coefficient (Wildman–Crippen LogP) is 2.37. The van der Waals surface area contributed by atoms with E-state index in [4.69, 9.17) is 4.52 Å². The van der Waals surface area contributed by atoms with Crippen LogP contribution < -0.4 is 5.32 Å². The van der Waals surface area contributed by atoms with Crippen LogP contribution in [-0.4, -0.2) is 23.2 Å². The smallest absolute Gasteiger partial charge is 0.231 e. The fourth-order valence-electron chi connectivity index (χ4n) is 2.02. The van der Waals surface area contributed by atoms with Crippen molar-refractivity contribution < 1.29 is 8.91 Å². The van der Waals surface area contributed by atoms with Gasteiger partial charge >= 0.3 is 0 Å². The minimum absolute atomic E-state index is 0. The fraction of sp³-hybridized carbons (Fsp3) is 0.333. The van der Waals surface area contributed by atoms with Gasteiger partial charge in [0.05, 0.1) is 11.5 Å². The molecule has 1 saturated heterocycles. The summed E-state index contributed by atoms with van der Waals surface area (Å²) in [6.45, 7) is 1.81. The highest BCUT2D eigenvalue weighted by atomic mass is 35.5. The van der Waals surface area contributed by atoms with E-state index in [1.165, 1.54) is 6.07 Å². The summed E-state index contributed by atoms with van der Waals surface area (Å²) >= 11 is 0. The van der Waals surface area contributed by atoms with Crippen LogP contribution in [-0.2, 0) is 0 Å². The summed E-state index contributed by atoms with van der Waals surface area (Å²) in [6, 6.07) is 6.44. The van der Waals surface area contributed by atoms with E-state index in [1.807, 2.05) is 0 Å². The number of benzene rings is 1. The molecule has 1 aliphatic heterocycles. The normalized spacial score (nSPS) is 18.6. The van der Waals surface area contributed by atoms with Crippen molar-refractivity contribution in [3.63, 3.8) is 0 Å². The Morgan fingerprint density at radius 3 is 2.89 bits per heavy atom. The van der Waals surface area contributed by atoms with Gasteiger partial charge in [-0.3, -0.25) is 0 Å². The molecule has 1 atom stereocenters. The maximum atomic E-state index is 13.5. The quantitative estimate of drug-likeness (QED) is 0.909. The number of hydrogen-bond donors (Lipinski definition) is 1. The summed E-state index contributed by atoms with van der Waals surface area (Å²) in [5.41, 5.74) is 0.383. The van der Waals surface area contributed by atoms with Crippen LogP contribution in [0, 0.1) is 5.82 Å². The van der Waals surface area contributed by atoms with Gasteiger partial charge in [0, 0.05) is 6.54 Å². The zero-order chi connectivity index (χ0) is 11.7. The predicted molar refractivity (Wildman–Crippen MR) is 67.2 cm³/mol. The lowest BCUT2D eigenvalue weighted by atomic mass is 10.1. The molecule has 18 heavy (non-hydrogen) atoms. The van der Waals surface area contributed by atoms with E-state index in [9.17, 15) is 4.39 Å². The molecule has 2 heterocycles. The Bertz CT molecular complexity index is 526. The molecule has 0 radical (unpaired) electrons. The first-order valence-corrected chi connectivity index (χ1v) is 5.64. The van der Waals surface area contributed by atoms with Gasteiger partial charge in [-0.15, -0.1) is 12.4 Å². The van der Waals surface area contributed by atoms with Crippen LogP contribution in [0.25, 0.3) is 11.4 Å². The Hall–Kier alpha value is -1.46. The van der Waals surface area contributed by atoms with Crippen molar-refractivity contribution in [1.29, 1.82) is 0 Å². The molecule has 96 valence electrons. The van der Waals surface area contributed by atoms with Crippen LogP contribution in [0.3, 0.4) is 0 Å². The molecule has 0 saturated carbocycles. The van der Waals surface area contributed by atoms with Crippen molar-refractivity contribution in [3.8, 4) is 11.4 Å². The van der Waals surface area contributed by atoms with Crippen LogP contribution in [0.1, 0.15) is 18.2 Å². The lowest BCUT2D eigenvalue weighted by molar-refractivity contribution is 0.359. The van der Waals surface area contributed by atoms with Crippen LogP contribution in [0.2, 0.25) is 0 Å². The molecule has 2 aromatic rings. The summed E-state index contributed by atoms with van der Waals surface area (Å²) in [6.07, 6.45) is 0.985. The second-order valence-electron chi connectivity index (χ2n) is 4.13. The molecule has 1 aromatic heterocycles. The van der Waals surface area contributed by atoms with Gasteiger partial charge in [0.1, 0.15) is 5.82 Å². The molecule has 1 unspecified atom stereocenters. The van der Waals surface area contributed by atoms with Gasteiger partial charge in [0.2, 0.25) is 11.7 Å². The second kappa shape index (κ2) is 5.46. The van der Waals surface area contributed by atoms with E-state index < -0.39 is 0 Å². The maximum absolute atomic E-state index is 13.5. The molecule has 1 aromatic carbocycles. The molecule has 0 amide bonds. The second-order valence-corrected chi connectivity index (χ2v) is 4.13. The van der Waals surface area contributed by atoms with Crippen LogP contribution >= 0.6 is 12.4 Å². The van der Waals surface area contributed by atoms with Crippen molar-refractivity contribution in [2.45, 2.75) is 12.3 Å². The molecule has 1 N–H and O–H groups in total. The van der Waals surface area contributed by atoms with Gasteiger partial charge in [-0.1, -0.05) is 17.3 Å². The van der Waals surface area contributed by atoms with E-state index in [1.54, 1.807) is 18.2 Å². The van der Waals surface area contributed by atoms with E-state index in [0.29, 0.717) is 17.3 Å². The minimum Gasteiger partial charge on any atom is -0.339 e. The van der Waals surface area contributed by atoms with Gasteiger partial charge in [0.25, 0.3) is 0 Å². The molecular weight excluding hydrogens is 257 g/mol. The standard InChI is InChI=1S/C12H12FN3O.ClH/c13-10-4-2-1-3-9(10)11-15-12(17-16-11)8-5-6-14-7-8;/h1-4,8,14H,5-7H2;1H. The Kier molecular flexibility index (Phi) is 3.93. The third-order valence-corrected chi connectivity index (χ3v) is 2.97. The number of nitrogens with zero attached hydrogens (tertiary/aromatic N) is 2. The summed E-state index contributed by atoms with van der Waals surface area (Å²) in [7, 11) is 0. The summed E-state index contributed by atoms with van der Waals surface area (Å²) < 4.78 is 18.7. The van der Waals surface area contributed by atoms with Crippen molar-refractivity contribution in [1.82, 2.24) is 15.5 Å². The number of nitrogens with one attached hydrogen (secondary N) is 1. The van der Waals surface area contributed by atoms with E-state index in [-0.39, 0.29) is 24.1 Å². The van der Waals surface area contributed by atoms with E-state index in [2.05, 4.69) is 15.5 Å². The number of rotatable bonds is 2. The maximum Gasteiger partial charge on any atom is 0.231 e. The van der Waals surface area contributed by atoms with Gasteiger partial charge in [0.15, 0.2) is 0 Å². The van der Waals surface area contributed by atoms with Crippen molar-refractivity contribution in [3.05, 3.63) is 36.0 Å².